The molecule has 8 nitrogen and oxygen atoms in total. The van der Waals surface area contributed by atoms with Crippen molar-refractivity contribution in [3.8, 4) is 0 Å². The third-order valence-electron chi connectivity index (χ3n) is 17.2. The van der Waals surface area contributed by atoms with Gasteiger partial charge < -0.3 is 19.8 Å². The van der Waals surface area contributed by atoms with Crippen molar-refractivity contribution in [2.24, 2.45) is 56.2 Å². The van der Waals surface area contributed by atoms with Gasteiger partial charge in [-0.2, -0.15) is 0 Å². The number of carbonyl (C=O) groups excluding carboxylic acids is 2. The van der Waals surface area contributed by atoms with E-state index in [9.17, 15) is 24.6 Å². The Morgan fingerprint density at radius 1 is 0.897 bits per heavy atom. The Labute approximate surface area is 354 Å². The van der Waals surface area contributed by atoms with Crippen molar-refractivity contribution in [1.29, 1.82) is 0 Å². The lowest BCUT2D eigenvalue weighted by Gasteiger charge is -2.72. The SMILES string of the molecule is CC(C)C1=C2[C@H]3CC[C@@H]4[C@@]5(C)CC[C@H](OC(=O)CC(C)(C)CC(=O)O)C(C)(C)[C@@H]5CC[C@@]4(C)[C@]3(C)CC[C@]2([C@H](O)CN(CCN(C)C)Cc2ccc(Cl)cc2)CC1=O. The van der Waals surface area contributed by atoms with Crippen LogP contribution < -0.4 is 0 Å². The fraction of sp³-hybridized carbons (Fsp3) is 0.776. The molecular formula is C49H75ClN2O6. The molecule has 9 atom stereocenters. The minimum atomic E-state index is -0.899. The molecule has 1 aromatic carbocycles. The van der Waals surface area contributed by atoms with Crippen LogP contribution in [0.2, 0.25) is 5.02 Å². The summed E-state index contributed by atoms with van der Waals surface area (Å²) in [6, 6.07) is 8.01. The molecule has 0 aliphatic heterocycles. The summed E-state index contributed by atoms with van der Waals surface area (Å²) in [6.07, 6.45) is 7.47. The first-order valence-corrected chi connectivity index (χ1v) is 22.8. The largest absolute Gasteiger partial charge is 0.481 e. The van der Waals surface area contributed by atoms with Crippen molar-refractivity contribution in [2.75, 3.05) is 33.7 Å². The smallest absolute Gasteiger partial charge is 0.306 e. The van der Waals surface area contributed by atoms with E-state index >= 15 is 0 Å². The lowest BCUT2D eigenvalue weighted by molar-refractivity contribution is -0.235. The molecule has 0 spiro atoms. The molecule has 5 aliphatic rings. The molecule has 6 rings (SSSR count). The van der Waals surface area contributed by atoms with Gasteiger partial charge in [0.05, 0.1) is 18.9 Å². The number of fused-ring (bicyclic) bond motifs is 7. The molecule has 0 unspecified atom stereocenters. The maximum Gasteiger partial charge on any atom is 0.306 e. The number of hydrogen-bond donors (Lipinski definition) is 2. The molecule has 0 heterocycles. The number of allylic oxidation sites excluding steroid dienone is 1. The van der Waals surface area contributed by atoms with E-state index in [2.05, 4.69) is 84.5 Å². The van der Waals surface area contributed by atoms with Crippen LogP contribution in [0.15, 0.2) is 35.4 Å². The van der Waals surface area contributed by atoms with Gasteiger partial charge >= 0.3 is 11.9 Å². The summed E-state index contributed by atoms with van der Waals surface area (Å²) in [5.74, 6) is 0.272. The van der Waals surface area contributed by atoms with Crippen LogP contribution in [-0.4, -0.2) is 83.7 Å². The maximum absolute atomic E-state index is 14.3. The molecule has 0 amide bonds. The monoisotopic (exact) mass is 823 g/mol. The summed E-state index contributed by atoms with van der Waals surface area (Å²) < 4.78 is 6.30. The zero-order valence-corrected chi connectivity index (χ0v) is 38.4. The van der Waals surface area contributed by atoms with Gasteiger partial charge in [-0.25, -0.2) is 0 Å². The number of carbonyl (C=O) groups is 3. The van der Waals surface area contributed by atoms with Gasteiger partial charge in [0.1, 0.15) is 6.10 Å². The Kier molecular flexibility index (Phi) is 12.7. The fourth-order valence-corrected chi connectivity index (χ4v) is 14.3. The van der Waals surface area contributed by atoms with Gasteiger partial charge in [-0.15, -0.1) is 0 Å². The van der Waals surface area contributed by atoms with Crippen molar-refractivity contribution in [2.45, 2.75) is 152 Å². The first-order valence-electron chi connectivity index (χ1n) is 22.4. The van der Waals surface area contributed by atoms with Gasteiger partial charge in [-0.1, -0.05) is 91.6 Å². The number of carboxylic acids is 1. The van der Waals surface area contributed by atoms with Gasteiger partial charge in [0.2, 0.25) is 0 Å². The number of halogens is 1. The minimum Gasteiger partial charge on any atom is -0.481 e. The van der Waals surface area contributed by atoms with Crippen LogP contribution in [0.1, 0.15) is 139 Å². The molecule has 2 N–H and O–H groups in total. The topological polar surface area (TPSA) is 107 Å². The van der Waals surface area contributed by atoms with Gasteiger partial charge in [-0.05, 0) is 134 Å². The summed E-state index contributed by atoms with van der Waals surface area (Å²) >= 11 is 6.25. The number of carboxylic acid groups (broad SMARTS) is 1. The van der Waals surface area contributed by atoms with Crippen LogP contribution in [0.3, 0.4) is 0 Å². The van der Waals surface area contributed by atoms with E-state index in [0.29, 0.717) is 36.4 Å². The quantitative estimate of drug-likeness (QED) is 0.179. The van der Waals surface area contributed by atoms with E-state index in [-0.39, 0.29) is 64.2 Å². The van der Waals surface area contributed by atoms with Crippen LogP contribution in [0.4, 0.5) is 0 Å². The molecule has 9 heteroatoms. The summed E-state index contributed by atoms with van der Waals surface area (Å²) in [6.45, 7) is 23.2. The standard InChI is InChI=1S/C49H75ClN2O6/c1-31(2)42-35(53)26-49(38(54)30-52(25-24-51(10)11)29-32-12-14-33(50)15-13-32)23-22-47(8)34(43(42)49)16-17-37-46(7)20-19-39(45(5,6)36(46)18-21-48(37,47)9)58-41(57)28-44(3,4)27-40(55)56/h12-15,31,34,36-39,54H,16-30H2,1-11H3,(H,55,56)/t34-,36+,37-,38-,39+,46+,47-,48-,49-/m1/s1. The molecule has 58 heavy (non-hydrogen) atoms. The van der Waals surface area contributed by atoms with E-state index < -0.39 is 22.9 Å². The lowest BCUT2D eigenvalue weighted by Crippen LogP contribution is -2.66. The highest BCUT2D eigenvalue weighted by atomic mass is 35.5. The fourth-order valence-electron chi connectivity index (χ4n) is 14.2. The summed E-state index contributed by atoms with van der Waals surface area (Å²) in [5, 5.41) is 22.8. The molecule has 0 saturated heterocycles. The molecular weight excluding hydrogens is 748 g/mol. The number of rotatable bonds is 14. The first kappa shape index (κ1) is 45.3. The Morgan fingerprint density at radius 2 is 1.57 bits per heavy atom. The van der Waals surface area contributed by atoms with Crippen molar-refractivity contribution in [1.82, 2.24) is 9.80 Å². The predicted molar refractivity (Wildman–Crippen MR) is 231 cm³/mol. The van der Waals surface area contributed by atoms with Crippen molar-refractivity contribution in [3.63, 3.8) is 0 Å². The number of ether oxygens (including phenoxy) is 1. The highest BCUT2D eigenvalue weighted by Crippen LogP contribution is 2.77. The van der Waals surface area contributed by atoms with Gasteiger partial charge in [0.25, 0.3) is 0 Å². The molecule has 0 bridgehead atoms. The third-order valence-corrected chi connectivity index (χ3v) is 17.5. The first-order chi connectivity index (χ1) is 26.9. The second kappa shape index (κ2) is 16.2. The van der Waals surface area contributed by atoms with E-state index in [1.54, 1.807) is 0 Å². The van der Waals surface area contributed by atoms with Crippen LogP contribution in [0.5, 0.6) is 0 Å². The molecule has 0 aromatic heterocycles. The number of benzene rings is 1. The molecule has 324 valence electrons. The number of aliphatic hydroxyl groups is 1. The molecule has 1 aromatic rings. The minimum absolute atomic E-state index is 0.0235. The number of likely N-dealkylation sites (N-methyl/N-ethyl adjacent to an activating group) is 1. The molecule has 4 fully saturated rings. The second-order valence-corrected chi connectivity index (χ2v) is 22.7. The van der Waals surface area contributed by atoms with Gasteiger partial charge in [0, 0.05) is 48.5 Å². The zero-order valence-electron chi connectivity index (χ0n) is 37.7. The summed E-state index contributed by atoms with van der Waals surface area (Å²) in [7, 11) is 4.17. The van der Waals surface area contributed by atoms with Crippen LogP contribution in [0, 0.1) is 56.2 Å². The second-order valence-electron chi connectivity index (χ2n) is 22.3. The summed E-state index contributed by atoms with van der Waals surface area (Å²) in [4.78, 5) is 43.7. The van der Waals surface area contributed by atoms with Crippen molar-refractivity contribution < 1.29 is 29.3 Å². The number of ketones is 1. The number of nitrogens with zero attached hydrogens (tertiary/aromatic N) is 2. The number of hydrogen-bond acceptors (Lipinski definition) is 7. The predicted octanol–water partition coefficient (Wildman–Crippen LogP) is 9.85. The summed E-state index contributed by atoms with van der Waals surface area (Å²) in [5.41, 5.74) is 2.13. The van der Waals surface area contributed by atoms with E-state index in [4.69, 9.17) is 16.3 Å². The Balaban J connectivity index is 1.27. The Hall–Kier alpha value is -2.26. The Bertz CT molecular complexity index is 1750. The van der Waals surface area contributed by atoms with Gasteiger partial charge in [0.15, 0.2) is 5.78 Å². The Morgan fingerprint density at radius 3 is 2.19 bits per heavy atom. The van der Waals surface area contributed by atoms with Gasteiger partial charge in [-0.3, -0.25) is 19.3 Å². The number of aliphatic carboxylic acids is 1. The van der Waals surface area contributed by atoms with E-state index in [1.807, 2.05) is 26.0 Å². The molecule has 5 aliphatic carbocycles. The van der Waals surface area contributed by atoms with E-state index in [0.717, 1.165) is 75.6 Å². The maximum atomic E-state index is 14.3. The average Bonchev–Trinajstić information content (AvgIpc) is 3.42. The van der Waals surface area contributed by atoms with Crippen LogP contribution >= 0.6 is 11.6 Å². The molecule has 0 radical (unpaired) electrons. The van der Waals surface area contributed by atoms with Crippen LogP contribution in [-0.2, 0) is 25.7 Å². The van der Waals surface area contributed by atoms with Crippen molar-refractivity contribution >= 4 is 29.3 Å². The number of aliphatic hydroxyl groups excluding tert-OH is 1. The number of esters is 1. The van der Waals surface area contributed by atoms with Crippen molar-refractivity contribution in [3.05, 3.63) is 46.0 Å². The highest BCUT2D eigenvalue weighted by molar-refractivity contribution is 6.30. The third kappa shape index (κ3) is 7.99. The molecule has 4 saturated carbocycles. The highest BCUT2D eigenvalue weighted by Gasteiger charge is 2.71. The lowest BCUT2D eigenvalue weighted by atomic mass is 9.33. The average molecular weight is 824 g/mol. The van der Waals surface area contributed by atoms with Crippen LogP contribution in [0.25, 0.3) is 0 Å². The van der Waals surface area contributed by atoms with E-state index in [1.165, 1.54) is 5.57 Å². The number of Topliss-reactive ketones (excluding diaryl/α,β-unsaturated/α-hetero) is 1. The normalized spacial score (nSPS) is 35.1. The zero-order chi connectivity index (χ0) is 42.8.